The van der Waals surface area contributed by atoms with E-state index in [4.69, 9.17) is 5.11 Å². The Bertz CT molecular complexity index is 666. The Balaban J connectivity index is 2.70. The highest BCUT2D eigenvalue weighted by molar-refractivity contribution is 5.89. The minimum Gasteiger partial charge on any atom is -0.478 e. The summed E-state index contributed by atoms with van der Waals surface area (Å²) in [6, 6.07) is 5.29. The number of carbonyl (C=O) groups is 1. The van der Waals surface area contributed by atoms with Crippen LogP contribution in [0.5, 0.6) is 0 Å². The van der Waals surface area contributed by atoms with Gasteiger partial charge < -0.3 is 5.11 Å². The lowest BCUT2D eigenvalue weighted by atomic mass is 9.99. The summed E-state index contributed by atoms with van der Waals surface area (Å²) < 4.78 is 40.8. The van der Waals surface area contributed by atoms with Gasteiger partial charge in [-0.05, 0) is 36.2 Å². The standard InChI is InChI=1S/C14H9F3O2/c1-7-2-4-11(16)12(13(7)17)8-3-5-10(15)9(6-8)14(18)19/h2-6H,1H3,(H,18,19). The summed E-state index contributed by atoms with van der Waals surface area (Å²) in [7, 11) is 0. The third kappa shape index (κ3) is 2.31. The van der Waals surface area contributed by atoms with E-state index in [0.29, 0.717) is 0 Å². The molecule has 0 aliphatic carbocycles. The second kappa shape index (κ2) is 4.76. The number of benzene rings is 2. The molecule has 0 unspecified atom stereocenters. The maximum Gasteiger partial charge on any atom is 0.338 e. The number of hydrogen-bond acceptors (Lipinski definition) is 1. The Morgan fingerprint density at radius 3 is 2.32 bits per heavy atom. The SMILES string of the molecule is Cc1ccc(F)c(-c2ccc(F)c(C(=O)O)c2)c1F. The smallest absolute Gasteiger partial charge is 0.338 e. The summed E-state index contributed by atoms with van der Waals surface area (Å²) in [5.41, 5.74) is -0.782. The fourth-order valence-electron chi connectivity index (χ4n) is 1.77. The lowest BCUT2D eigenvalue weighted by molar-refractivity contribution is 0.0692. The van der Waals surface area contributed by atoms with Crippen molar-refractivity contribution in [1.29, 1.82) is 0 Å². The molecule has 19 heavy (non-hydrogen) atoms. The lowest BCUT2D eigenvalue weighted by Gasteiger charge is -2.08. The molecule has 0 spiro atoms. The van der Waals surface area contributed by atoms with Gasteiger partial charge in [-0.3, -0.25) is 0 Å². The Morgan fingerprint density at radius 1 is 1.05 bits per heavy atom. The van der Waals surface area contributed by atoms with Gasteiger partial charge in [-0.15, -0.1) is 0 Å². The molecule has 0 saturated heterocycles. The first kappa shape index (κ1) is 13.1. The van der Waals surface area contributed by atoms with Crippen molar-refractivity contribution in [3.05, 3.63) is 58.9 Å². The van der Waals surface area contributed by atoms with E-state index in [-0.39, 0.29) is 16.7 Å². The molecule has 0 saturated carbocycles. The van der Waals surface area contributed by atoms with Crippen LogP contribution >= 0.6 is 0 Å². The fourth-order valence-corrected chi connectivity index (χ4v) is 1.77. The lowest BCUT2D eigenvalue weighted by Crippen LogP contribution is -2.02. The van der Waals surface area contributed by atoms with E-state index in [9.17, 15) is 18.0 Å². The van der Waals surface area contributed by atoms with E-state index < -0.39 is 29.0 Å². The fraction of sp³-hybridized carbons (Fsp3) is 0.0714. The highest BCUT2D eigenvalue weighted by Crippen LogP contribution is 2.29. The largest absolute Gasteiger partial charge is 0.478 e. The molecule has 0 amide bonds. The molecule has 5 heteroatoms. The van der Waals surface area contributed by atoms with Gasteiger partial charge in [0, 0.05) is 0 Å². The topological polar surface area (TPSA) is 37.3 Å². The molecule has 98 valence electrons. The van der Waals surface area contributed by atoms with Crippen LogP contribution in [0.1, 0.15) is 15.9 Å². The van der Waals surface area contributed by atoms with Gasteiger partial charge in [-0.1, -0.05) is 12.1 Å². The molecule has 0 bridgehead atoms. The van der Waals surface area contributed by atoms with Crippen molar-refractivity contribution < 1.29 is 23.1 Å². The van der Waals surface area contributed by atoms with Crippen molar-refractivity contribution in [2.24, 2.45) is 0 Å². The van der Waals surface area contributed by atoms with Crippen LogP contribution in [-0.4, -0.2) is 11.1 Å². The predicted molar refractivity (Wildman–Crippen MR) is 63.4 cm³/mol. The van der Waals surface area contributed by atoms with Crippen molar-refractivity contribution in [1.82, 2.24) is 0 Å². The summed E-state index contributed by atoms with van der Waals surface area (Å²) in [4.78, 5) is 10.8. The maximum atomic E-state index is 13.9. The average Bonchev–Trinajstić information content (AvgIpc) is 2.36. The highest BCUT2D eigenvalue weighted by Gasteiger charge is 2.17. The molecular weight excluding hydrogens is 257 g/mol. The third-order valence-electron chi connectivity index (χ3n) is 2.77. The van der Waals surface area contributed by atoms with Crippen LogP contribution in [0.4, 0.5) is 13.2 Å². The number of hydrogen-bond donors (Lipinski definition) is 1. The molecule has 2 aromatic carbocycles. The van der Waals surface area contributed by atoms with Crippen LogP contribution in [0.15, 0.2) is 30.3 Å². The van der Waals surface area contributed by atoms with Crippen LogP contribution in [-0.2, 0) is 0 Å². The Morgan fingerprint density at radius 2 is 1.68 bits per heavy atom. The van der Waals surface area contributed by atoms with Crippen LogP contribution in [0, 0.1) is 24.4 Å². The molecule has 0 radical (unpaired) electrons. The minimum atomic E-state index is -1.49. The number of aromatic carboxylic acids is 1. The summed E-state index contributed by atoms with van der Waals surface area (Å²) >= 11 is 0. The number of halogens is 3. The molecule has 0 atom stereocenters. The molecule has 0 fully saturated rings. The van der Waals surface area contributed by atoms with Gasteiger partial charge in [0.2, 0.25) is 0 Å². The molecule has 0 aliphatic heterocycles. The van der Waals surface area contributed by atoms with Gasteiger partial charge in [0.25, 0.3) is 0 Å². The average molecular weight is 266 g/mol. The molecule has 2 rings (SSSR count). The van der Waals surface area contributed by atoms with Crippen molar-refractivity contribution >= 4 is 5.97 Å². The zero-order valence-corrected chi connectivity index (χ0v) is 9.88. The van der Waals surface area contributed by atoms with E-state index >= 15 is 0 Å². The van der Waals surface area contributed by atoms with E-state index in [1.165, 1.54) is 13.0 Å². The van der Waals surface area contributed by atoms with Crippen molar-refractivity contribution in [2.75, 3.05) is 0 Å². The van der Waals surface area contributed by atoms with Crippen LogP contribution in [0.3, 0.4) is 0 Å². The maximum absolute atomic E-state index is 13.9. The number of carboxylic acid groups (broad SMARTS) is 1. The number of aryl methyl sites for hydroxylation is 1. The Kier molecular flexibility index (Phi) is 3.29. The van der Waals surface area contributed by atoms with E-state index in [1.54, 1.807) is 0 Å². The predicted octanol–water partition coefficient (Wildman–Crippen LogP) is 3.78. The zero-order chi connectivity index (χ0) is 14.2. The molecule has 2 nitrogen and oxygen atoms in total. The quantitative estimate of drug-likeness (QED) is 0.898. The molecule has 1 N–H and O–H groups in total. The summed E-state index contributed by atoms with van der Waals surface area (Å²) in [6.07, 6.45) is 0. The summed E-state index contributed by atoms with van der Waals surface area (Å²) in [5, 5.41) is 8.80. The van der Waals surface area contributed by atoms with Gasteiger partial charge in [0.15, 0.2) is 0 Å². The zero-order valence-electron chi connectivity index (χ0n) is 9.88. The van der Waals surface area contributed by atoms with Gasteiger partial charge in [-0.25, -0.2) is 18.0 Å². The van der Waals surface area contributed by atoms with E-state index in [2.05, 4.69) is 0 Å². The van der Waals surface area contributed by atoms with Gasteiger partial charge in [-0.2, -0.15) is 0 Å². The second-order valence-corrected chi connectivity index (χ2v) is 4.05. The monoisotopic (exact) mass is 266 g/mol. The third-order valence-corrected chi connectivity index (χ3v) is 2.77. The highest BCUT2D eigenvalue weighted by atomic mass is 19.1. The van der Waals surface area contributed by atoms with Crippen molar-refractivity contribution in [3.8, 4) is 11.1 Å². The van der Waals surface area contributed by atoms with Crippen molar-refractivity contribution in [2.45, 2.75) is 6.92 Å². The Hall–Kier alpha value is -2.30. The molecule has 0 aromatic heterocycles. The molecule has 2 aromatic rings. The van der Waals surface area contributed by atoms with E-state index in [1.807, 2.05) is 0 Å². The Labute approximate surface area is 107 Å². The van der Waals surface area contributed by atoms with Gasteiger partial charge >= 0.3 is 5.97 Å². The van der Waals surface area contributed by atoms with Gasteiger partial charge in [0.1, 0.15) is 17.5 Å². The summed E-state index contributed by atoms with van der Waals surface area (Å²) in [5.74, 6) is -4.06. The van der Waals surface area contributed by atoms with Gasteiger partial charge in [0.05, 0.1) is 11.1 Å². The van der Waals surface area contributed by atoms with Crippen LogP contribution in [0.2, 0.25) is 0 Å². The van der Waals surface area contributed by atoms with Crippen LogP contribution < -0.4 is 0 Å². The first-order valence-electron chi connectivity index (χ1n) is 5.39. The van der Waals surface area contributed by atoms with E-state index in [0.717, 1.165) is 24.3 Å². The summed E-state index contributed by atoms with van der Waals surface area (Å²) in [6.45, 7) is 1.46. The number of rotatable bonds is 2. The second-order valence-electron chi connectivity index (χ2n) is 4.05. The number of carboxylic acids is 1. The molecular formula is C14H9F3O2. The first-order chi connectivity index (χ1) is 8.91. The van der Waals surface area contributed by atoms with Crippen LogP contribution in [0.25, 0.3) is 11.1 Å². The first-order valence-corrected chi connectivity index (χ1v) is 5.39. The minimum absolute atomic E-state index is 0.0162. The van der Waals surface area contributed by atoms with Crippen molar-refractivity contribution in [3.63, 3.8) is 0 Å². The molecule has 0 heterocycles. The molecule has 0 aliphatic rings. The normalized spacial score (nSPS) is 10.5.